The quantitative estimate of drug-likeness (QED) is 0.727. The second-order valence-electron chi connectivity index (χ2n) is 4.34. The first kappa shape index (κ1) is 14.8. The van der Waals surface area contributed by atoms with E-state index in [1.807, 2.05) is 0 Å². The summed E-state index contributed by atoms with van der Waals surface area (Å²) in [7, 11) is -3.62. The minimum Gasteiger partial charge on any atom is -0.398 e. The van der Waals surface area contributed by atoms with E-state index in [2.05, 4.69) is 14.7 Å². The fourth-order valence-electron chi connectivity index (χ4n) is 1.65. The summed E-state index contributed by atoms with van der Waals surface area (Å²) in [5.74, 6) is 0. The normalized spacial score (nSPS) is 11.7. The number of aromatic amines is 1. The molecule has 1 heterocycles. The minimum atomic E-state index is -3.62. The number of anilines is 1. The van der Waals surface area contributed by atoms with Gasteiger partial charge in [-0.2, -0.15) is 0 Å². The van der Waals surface area contributed by atoms with Crippen LogP contribution in [0, 0.1) is 6.92 Å². The molecule has 0 bridgehead atoms. The van der Waals surface area contributed by atoms with Crippen molar-refractivity contribution in [3.05, 3.63) is 40.9 Å². The van der Waals surface area contributed by atoms with Crippen molar-refractivity contribution in [3.63, 3.8) is 0 Å². The number of nitrogens with two attached hydrogens (primary N) is 1. The minimum absolute atomic E-state index is 0.0650. The number of hydrogen-bond acceptors (Lipinski definition) is 4. The van der Waals surface area contributed by atoms with Crippen molar-refractivity contribution in [1.29, 1.82) is 0 Å². The van der Waals surface area contributed by atoms with Gasteiger partial charge in [-0.05, 0) is 24.6 Å². The van der Waals surface area contributed by atoms with Crippen molar-refractivity contribution in [1.82, 2.24) is 14.7 Å². The Morgan fingerprint density at radius 3 is 2.80 bits per heavy atom. The summed E-state index contributed by atoms with van der Waals surface area (Å²) in [6, 6.07) is 2.80. The first-order valence-electron chi connectivity index (χ1n) is 5.92. The average Bonchev–Trinajstić information content (AvgIpc) is 2.88. The standard InChI is InChI=1S/C12H15ClN4O2S/c1-8-11(13)4-10(5-12(8)14)20(18,19)17-3-2-9-6-15-7-16-9/h4-7,17H,2-3,14H2,1H3,(H,15,16). The van der Waals surface area contributed by atoms with Crippen LogP contribution in [0.3, 0.4) is 0 Å². The van der Waals surface area contributed by atoms with Crippen molar-refractivity contribution in [2.75, 3.05) is 12.3 Å². The number of nitrogens with zero attached hydrogens (tertiary/aromatic N) is 1. The van der Waals surface area contributed by atoms with Crippen LogP contribution in [0.5, 0.6) is 0 Å². The summed E-state index contributed by atoms with van der Waals surface area (Å²) in [5.41, 5.74) is 7.61. The lowest BCUT2D eigenvalue weighted by atomic mass is 10.2. The van der Waals surface area contributed by atoms with Crippen LogP contribution in [-0.2, 0) is 16.4 Å². The van der Waals surface area contributed by atoms with Gasteiger partial charge in [-0.15, -0.1) is 0 Å². The Hall–Kier alpha value is -1.57. The van der Waals surface area contributed by atoms with Gasteiger partial charge < -0.3 is 10.7 Å². The van der Waals surface area contributed by atoms with Gasteiger partial charge in [0.25, 0.3) is 0 Å². The highest BCUT2D eigenvalue weighted by Gasteiger charge is 2.16. The lowest BCUT2D eigenvalue weighted by Gasteiger charge is -2.09. The number of nitrogens with one attached hydrogen (secondary N) is 2. The van der Waals surface area contributed by atoms with E-state index in [1.165, 1.54) is 12.1 Å². The Balaban J connectivity index is 2.10. The van der Waals surface area contributed by atoms with Crippen molar-refractivity contribution in [2.24, 2.45) is 0 Å². The highest BCUT2D eigenvalue weighted by Crippen LogP contribution is 2.25. The zero-order valence-corrected chi connectivity index (χ0v) is 12.4. The predicted octanol–water partition coefficient (Wildman–Crippen LogP) is 1.47. The molecule has 108 valence electrons. The molecule has 8 heteroatoms. The van der Waals surface area contributed by atoms with Crippen LogP contribution < -0.4 is 10.5 Å². The Kier molecular flexibility index (Phi) is 4.32. The van der Waals surface area contributed by atoms with Crippen molar-refractivity contribution >= 4 is 27.3 Å². The number of H-pyrrole nitrogens is 1. The smallest absolute Gasteiger partial charge is 0.240 e. The van der Waals surface area contributed by atoms with E-state index in [1.54, 1.807) is 19.4 Å². The number of imidazole rings is 1. The van der Waals surface area contributed by atoms with E-state index in [4.69, 9.17) is 17.3 Å². The molecule has 1 aromatic carbocycles. The first-order valence-corrected chi connectivity index (χ1v) is 7.79. The number of hydrogen-bond donors (Lipinski definition) is 3. The van der Waals surface area contributed by atoms with Crippen molar-refractivity contribution < 1.29 is 8.42 Å². The first-order chi connectivity index (χ1) is 9.40. The molecule has 0 aliphatic carbocycles. The van der Waals surface area contributed by atoms with Gasteiger partial charge >= 0.3 is 0 Å². The fraction of sp³-hybridized carbons (Fsp3) is 0.250. The summed E-state index contributed by atoms with van der Waals surface area (Å²) in [5, 5.41) is 0.332. The molecule has 1 aromatic heterocycles. The molecular formula is C12H15ClN4O2S. The third-order valence-corrected chi connectivity index (χ3v) is 4.74. The summed E-state index contributed by atoms with van der Waals surface area (Å²) in [6.45, 7) is 2.00. The Morgan fingerprint density at radius 1 is 1.45 bits per heavy atom. The number of aromatic nitrogens is 2. The largest absolute Gasteiger partial charge is 0.398 e. The number of sulfonamides is 1. The molecule has 0 saturated carbocycles. The summed E-state index contributed by atoms with van der Waals surface area (Å²) in [4.78, 5) is 6.83. The molecule has 2 rings (SSSR count). The molecule has 6 nitrogen and oxygen atoms in total. The van der Waals surface area contributed by atoms with Crippen LogP contribution in [0.15, 0.2) is 29.6 Å². The Labute approximate surface area is 122 Å². The summed E-state index contributed by atoms with van der Waals surface area (Å²) >= 11 is 5.95. The van der Waals surface area contributed by atoms with Crippen LogP contribution >= 0.6 is 11.6 Å². The molecule has 0 fully saturated rings. The average molecular weight is 315 g/mol. The van der Waals surface area contributed by atoms with E-state index in [0.29, 0.717) is 22.7 Å². The van der Waals surface area contributed by atoms with Gasteiger partial charge in [0.15, 0.2) is 0 Å². The maximum absolute atomic E-state index is 12.1. The van der Waals surface area contributed by atoms with Crippen LogP contribution in [0.4, 0.5) is 5.69 Å². The molecule has 0 amide bonds. The van der Waals surface area contributed by atoms with E-state index in [0.717, 1.165) is 5.69 Å². The van der Waals surface area contributed by atoms with Crippen molar-refractivity contribution in [3.8, 4) is 0 Å². The van der Waals surface area contributed by atoms with Gasteiger partial charge in [0.2, 0.25) is 10.0 Å². The monoisotopic (exact) mass is 314 g/mol. The van der Waals surface area contributed by atoms with Crippen LogP contribution in [0.2, 0.25) is 5.02 Å². The van der Waals surface area contributed by atoms with Gasteiger partial charge in [-0.25, -0.2) is 18.1 Å². The van der Waals surface area contributed by atoms with Gasteiger partial charge in [-0.3, -0.25) is 0 Å². The van der Waals surface area contributed by atoms with Crippen LogP contribution in [0.25, 0.3) is 0 Å². The molecule has 0 unspecified atom stereocenters. The molecule has 0 aliphatic heterocycles. The third-order valence-electron chi connectivity index (χ3n) is 2.91. The Morgan fingerprint density at radius 2 is 2.20 bits per heavy atom. The maximum Gasteiger partial charge on any atom is 0.240 e. The third kappa shape index (κ3) is 3.30. The van der Waals surface area contributed by atoms with Crippen molar-refractivity contribution in [2.45, 2.75) is 18.2 Å². The highest BCUT2D eigenvalue weighted by atomic mass is 35.5. The maximum atomic E-state index is 12.1. The van der Waals surface area contributed by atoms with E-state index >= 15 is 0 Å². The molecule has 4 N–H and O–H groups in total. The molecule has 2 aromatic rings. The predicted molar refractivity (Wildman–Crippen MR) is 78.1 cm³/mol. The SMILES string of the molecule is Cc1c(N)cc(S(=O)(=O)NCCc2cnc[nH]2)cc1Cl. The molecule has 20 heavy (non-hydrogen) atoms. The number of nitrogen functional groups attached to an aromatic ring is 1. The van der Waals surface area contributed by atoms with E-state index in [9.17, 15) is 8.42 Å². The lowest BCUT2D eigenvalue weighted by molar-refractivity contribution is 0.581. The summed E-state index contributed by atoms with van der Waals surface area (Å²) in [6.07, 6.45) is 3.72. The van der Waals surface area contributed by atoms with Gasteiger partial charge in [0.1, 0.15) is 0 Å². The van der Waals surface area contributed by atoms with Crippen LogP contribution in [-0.4, -0.2) is 24.9 Å². The molecule has 0 spiro atoms. The molecule has 0 atom stereocenters. The van der Waals surface area contributed by atoms with Gasteiger partial charge in [0, 0.05) is 35.6 Å². The van der Waals surface area contributed by atoms with Gasteiger partial charge in [-0.1, -0.05) is 11.6 Å². The zero-order valence-electron chi connectivity index (χ0n) is 10.9. The molecule has 0 radical (unpaired) electrons. The fourth-order valence-corrected chi connectivity index (χ4v) is 3.04. The summed E-state index contributed by atoms with van der Waals surface area (Å²) < 4.78 is 26.7. The van der Waals surface area contributed by atoms with E-state index < -0.39 is 10.0 Å². The van der Waals surface area contributed by atoms with Crippen LogP contribution in [0.1, 0.15) is 11.3 Å². The van der Waals surface area contributed by atoms with E-state index in [-0.39, 0.29) is 11.4 Å². The number of benzene rings is 1. The Bertz CT molecular complexity index is 675. The highest BCUT2D eigenvalue weighted by molar-refractivity contribution is 7.89. The molecular weight excluding hydrogens is 300 g/mol. The second kappa shape index (κ2) is 5.82. The molecule has 0 saturated heterocycles. The zero-order chi connectivity index (χ0) is 14.8. The molecule has 0 aliphatic rings. The van der Waals surface area contributed by atoms with Gasteiger partial charge in [0.05, 0.1) is 11.2 Å². The topological polar surface area (TPSA) is 101 Å². The second-order valence-corrected chi connectivity index (χ2v) is 6.52. The lowest BCUT2D eigenvalue weighted by Crippen LogP contribution is -2.26. The number of halogens is 1. The number of rotatable bonds is 5.